The molecule has 0 fully saturated rings. The summed E-state index contributed by atoms with van der Waals surface area (Å²) in [5.41, 5.74) is 10.1. The molecule has 1 aromatic heterocycles. The largest absolute Gasteiger partial charge is 0.489 e. The molecule has 0 aliphatic rings. The van der Waals surface area contributed by atoms with Crippen molar-refractivity contribution in [2.45, 2.75) is 26.9 Å². The number of nitrogens with two attached hydrogens (primary N) is 1. The molecule has 5 N–H and O–H groups in total. The van der Waals surface area contributed by atoms with E-state index in [1.54, 1.807) is 6.20 Å². The van der Waals surface area contributed by atoms with Crippen LogP contribution >= 0.6 is 0 Å². The Bertz CT molecular complexity index is 801. The van der Waals surface area contributed by atoms with Gasteiger partial charge in [0.25, 0.3) is 0 Å². The molecule has 0 spiro atoms. The quantitative estimate of drug-likeness (QED) is 0.709. The van der Waals surface area contributed by atoms with Crippen molar-refractivity contribution in [2.24, 2.45) is 5.92 Å². The van der Waals surface area contributed by atoms with Crippen LogP contribution in [0.1, 0.15) is 25.0 Å². The second-order valence-electron chi connectivity index (χ2n) is 6.24. The van der Waals surface area contributed by atoms with Gasteiger partial charge in [0, 0.05) is 11.5 Å². The standard InChI is InChI=1S/C20H22N2O.H3N/c1-14(2)10-18-17-9-8-16(11-20(17)22-12-19(18)21)23-13-15-6-4-3-5-7-15;/h3-9,11-12,14H,10,13,21H2,1-2H3;1H3. The lowest BCUT2D eigenvalue weighted by atomic mass is 9.98. The Kier molecular flexibility index (Phi) is 5.77. The summed E-state index contributed by atoms with van der Waals surface area (Å²) in [5, 5.41) is 1.12. The van der Waals surface area contributed by atoms with Crippen molar-refractivity contribution in [1.29, 1.82) is 0 Å². The van der Waals surface area contributed by atoms with Crippen molar-refractivity contribution in [3.05, 3.63) is 65.9 Å². The minimum atomic E-state index is 0. The van der Waals surface area contributed by atoms with E-state index < -0.39 is 0 Å². The predicted molar refractivity (Wildman–Crippen MR) is 100 cm³/mol. The van der Waals surface area contributed by atoms with Gasteiger partial charge >= 0.3 is 0 Å². The van der Waals surface area contributed by atoms with Crippen LogP contribution in [0.4, 0.5) is 5.69 Å². The molecule has 4 nitrogen and oxygen atoms in total. The Morgan fingerprint density at radius 1 is 1.08 bits per heavy atom. The highest BCUT2D eigenvalue weighted by molar-refractivity contribution is 5.87. The normalized spacial score (nSPS) is 10.6. The summed E-state index contributed by atoms with van der Waals surface area (Å²) in [7, 11) is 0. The lowest BCUT2D eigenvalue weighted by Crippen LogP contribution is -2.02. The number of benzene rings is 2. The van der Waals surface area contributed by atoms with Crippen molar-refractivity contribution in [2.75, 3.05) is 5.73 Å². The third-order valence-corrected chi connectivity index (χ3v) is 3.85. The van der Waals surface area contributed by atoms with Crippen LogP contribution in [0.2, 0.25) is 0 Å². The number of aromatic nitrogens is 1. The second-order valence-corrected chi connectivity index (χ2v) is 6.24. The molecule has 0 atom stereocenters. The van der Waals surface area contributed by atoms with Crippen molar-refractivity contribution >= 4 is 16.6 Å². The molecule has 0 saturated carbocycles. The fourth-order valence-electron chi connectivity index (χ4n) is 2.71. The van der Waals surface area contributed by atoms with Crippen molar-refractivity contribution in [3.8, 4) is 5.75 Å². The zero-order valence-electron chi connectivity index (χ0n) is 14.3. The van der Waals surface area contributed by atoms with Crippen LogP contribution in [-0.2, 0) is 13.0 Å². The number of hydrogen-bond acceptors (Lipinski definition) is 4. The first-order valence-corrected chi connectivity index (χ1v) is 7.97. The lowest BCUT2D eigenvalue weighted by Gasteiger charge is -2.13. The van der Waals surface area contributed by atoms with Gasteiger partial charge in [0.15, 0.2) is 0 Å². The van der Waals surface area contributed by atoms with E-state index in [1.165, 1.54) is 5.56 Å². The first kappa shape index (κ1) is 17.8. The van der Waals surface area contributed by atoms with Gasteiger partial charge in [-0.15, -0.1) is 0 Å². The van der Waals surface area contributed by atoms with E-state index in [2.05, 4.69) is 37.0 Å². The predicted octanol–water partition coefficient (Wildman–Crippen LogP) is 4.76. The molecule has 3 rings (SSSR count). The summed E-state index contributed by atoms with van der Waals surface area (Å²) in [4.78, 5) is 4.46. The molecule has 3 aromatic rings. The number of nitrogen functional groups attached to an aromatic ring is 1. The molecule has 0 radical (unpaired) electrons. The molecular weight excluding hydrogens is 298 g/mol. The Balaban J connectivity index is 0.00000208. The third-order valence-electron chi connectivity index (χ3n) is 3.85. The third kappa shape index (κ3) is 4.03. The topological polar surface area (TPSA) is 83.1 Å². The first-order chi connectivity index (χ1) is 11.1. The number of pyridine rings is 1. The van der Waals surface area contributed by atoms with Crippen LogP contribution in [0.3, 0.4) is 0 Å². The Hall–Kier alpha value is -2.59. The minimum Gasteiger partial charge on any atom is -0.489 e. The maximum Gasteiger partial charge on any atom is 0.122 e. The van der Waals surface area contributed by atoms with Gasteiger partial charge in [-0.2, -0.15) is 0 Å². The number of rotatable bonds is 5. The van der Waals surface area contributed by atoms with Crippen molar-refractivity contribution in [3.63, 3.8) is 0 Å². The van der Waals surface area contributed by atoms with E-state index in [0.29, 0.717) is 12.5 Å². The van der Waals surface area contributed by atoms with Gasteiger partial charge in [-0.1, -0.05) is 44.2 Å². The highest BCUT2D eigenvalue weighted by Gasteiger charge is 2.09. The van der Waals surface area contributed by atoms with E-state index >= 15 is 0 Å². The molecule has 126 valence electrons. The Labute approximate surface area is 143 Å². The fourth-order valence-corrected chi connectivity index (χ4v) is 2.71. The van der Waals surface area contributed by atoms with Gasteiger partial charge in [-0.3, -0.25) is 4.98 Å². The van der Waals surface area contributed by atoms with Gasteiger partial charge in [0.2, 0.25) is 0 Å². The maximum absolute atomic E-state index is 6.11. The van der Waals surface area contributed by atoms with Crippen LogP contribution in [-0.4, -0.2) is 4.98 Å². The van der Waals surface area contributed by atoms with Crippen LogP contribution < -0.4 is 16.6 Å². The summed E-state index contributed by atoms with van der Waals surface area (Å²) < 4.78 is 5.88. The van der Waals surface area contributed by atoms with E-state index in [1.807, 2.05) is 30.3 Å². The number of ether oxygens (including phenoxy) is 1. The average molecular weight is 323 g/mol. The average Bonchev–Trinajstić information content (AvgIpc) is 2.56. The second kappa shape index (κ2) is 7.79. The van der Waals surface area contributed by atoms with Crippen LogP contribution in [0.5, 0.6) is 5.75 Å². The molecule has 4 heteroatoms. The van der Waals surface area contributed by atoms with Crippen LogP contribution in [0.15, 0.2) is 54.7 Å². The van der Waals surface area contributed by atoms with E-state index in [9.17, 15) is 0 Å². The molecule has 0 aliphatic heterocycles. The highest BCUT2D eigenvalue weighted by Crippen LogP contribution is 2.28. The van der Waals surface area contributed by atoms with Gasteiger partial charge in [0.1, 0.15) is 12.4 Å². The van der Waals surface area contributed by atoms with E-state index in [-0.39, 0.29) is 6.15 Å². The number of fused-ring (bicyclic) bond motifs is 1. The van der Waals surface area contributed by atoms with Gasteiger partial charge in [-0.05, 0) is 35.6 Å². The molecule has 24 heavy (non-hydrogen) atoms. The van der Waals surface area contributed by atoms with Crippen molar-refractivity contribution < 1.29 is 4.74 Å². The van der Waals surface area contributed by atoms with E-state index in [0.717, 1.165) is 34.3 Å². The number of hydrogen-bond donors (Lipinski definition) is 2. The van der Waals surface area contributed by atoms with Gasteiger partial charge in [0.05, 0.1) is 17.4 Å². The molecule has 0 unspecified atom stereocenters. The monoisotopic (exact) mass is 323 g/mol. The molecule has 2 aromatic carbocycles. The van der Waals surface area contributed by atoms with Crippen molar-refractivity contribution in [1.82, 2.24) is 11.1 Å². The zero-order chi connectivity index (χ0) is 16.2. The maximum atomic E-state index is 6.11. The highest BCUT2D eigenvalue weighted by atomic mass is 16.5. The molecule has 0 saturated heterocycles. The summed E-state index contributed by atoms with van der Waals surface area (Å²) in [5.74, 6) is 1.38. The molecular formula is C20H25N3O. The Morgan fingerprint density at radius 3 is 2.54 bits per heavy atom. The fraction of sp³-hybridized carbons (Fsp3) is 0.250. The summed E-state index contributed by atoms with van der Waals surface area (Å²) in [6, 6.07) is 16.2. The van der Waals surface area contributed by atoms with Gasteiger partial charge in [-0.25, -0.2) is 0 Å². The van der Waals surface area contributed by atoms with E-state index in [4.69, 9.17) is 10.5 Å². The summed E-state index contributed by atoms with van der Waals surface area (Å²) >= 11 is 0. The zero-order valence-corrected chi connectivity index (χ0v) is 14.3. The first-order valence-electron chi connectivity index (χ1n) is 7.97. The smallest absolute Gasteiger partial charge is 0.122 e. The lowest BCUT2D eigenvalue weighted by molar-refractivity contribution is 0.306. The minimum absolute atomic E-state index is 0. The Morgan fingerprint density at radius 2 is 1.83 bits per heavy atom. The number of anilines is 1. The molecule has 0 amide bonds. The van der Waals surface area contributed by atoms with Crippen LogP contribution in [0, 0.1) is 5.92 Å². The SMILES string of the molecule is CC(C)Cc1c(N)cnc2cc(OCc3ccccc3)ccc12.N. The molecule has 1 heterocycles. The van der Waals surface area contributed by atoms with Crippen LogP contribution in [0.25, 0.3) is 10.9 Å². The number of nitrogens with zero attached hydrogens (tertiary/aromatic N) is 1. The summed E-state index contributed by atoms with van der Waals surface area (Å²) in [6.07, 6.45) is 2.70. The summed E-state index contributed by atoms with van der Waals surface area (Å²) in [6.45, 7) is 4.95. The molecule has 0 bridgehead atoms. The molecule has 0 aliphatic carbocycles. The van der Waals surface area contributed by atoms with Gasteiger partial charge < -0.3 is 16.6 Å².